The lowest BCUT2D eigenvalue weighted by Gasteiger charge is -2.25. The summed E-state index contributed by atoms with van der Waals surface area (Å²) in [5.41, 5.74) is 3.00. The van der Waals surface area contributed by atoms with Crippen molar-refractivity contribution in [3.05, 3.63) is 53.6 Å². The molecule has 2 N–H and O–H groups in total. The Morgan fingerprint density at radius 2 is 1.85 bits per heavy atom. The predicted octanol–water partition coefficient (Wildman–Crippen LogP) is 2.63. The molecule has 1 aliphatic heterocycles. The van der Waals surface area contributed by atoms with Gasteiger partial charge in [-0.25, -0.2) is 13.1 Å². The number of carbonyl (C=O) groups is 1. The van der Waals surface area contributed by atoms with Crippen molar-refractivity contribution in [2.75, 3.05) is 11.9 Å². The maximum atomic E-state index is 12.6. The van der Waals surface area contributed by atoms with Crippen LogP contribution in [0.15, 0.2) is 47.4 Å². The smallest absolute Gasteiger partial charge is 0.265 e. The molecule has 7 heteroatoms. The average molecular weight is 386 g/mol. The fourth-order valence-electron chi connectivity index (χ4n) is 3.57. The molecule has 1 atom stereocenters. The lowest BCUT2D eigenvalue weighted by atomic mass is 9.92. The second-order valence-electron chi connectivity index (χ2n) is 6.92. The molecular formula is C20H22N2O4S. The van der Waals surface area contributed by atoms with Crippen LogP contribution in [-0.2, 0) is 27.7 Å². The monoisotopic (exact) mass is 386 g/mol. The summed E-state index contributed by atoms with van der Waals surface area (Å²) in [5.74, 6) is 0.335. The van der Waals surface area contributed by atoms with Gasteiger partial charge in [-0.3, -0.25) is 4.79 Å². The number of fused-ring (bicyclic) bond motifs is 2. The Morgan fingerprint density at radius 1 is 1.07 bits per heavy atom. The van der Waals surface area contributed by atoms with Crippen LogP contribution in [0, 0.1) is 0 Å². The second kappa shape index (κ2) is 7.32. The average Bonchev–Trinajstić information content (AvgIpc) is 2.68. The van der Waals surface area contributed by atoms with Gasteiger partial charge >= 0.3 is 0 Å². The Balaban J connectivity index is 1.39. The van der Waals surface area contributed by atoms with Crippen molar-refractivity contribution in [3.8, 4) is 5.75 Å². The van der Waals surface area contributed by atoms with E-state index in [9.17, 15) is 13.2 Å². The summed E-state index contributed by atoms with van der Waals surface area (Å²) in [6, 6.07) is 12.5. The summed E-state index contributed by atoms with van der Waals surface area (Å²) in [4.78, 5) is 12.4. The Morgan fingerprint density at radius 3 is 2.70 bits per heavy atom. The summed E-state index contributed by atoms with van der Waals surface area (Å²) in [6.07, 6.45) is 3.73. The van der Waals surface area contributed by atoms with E-state index in [4.69, 9.17) is 4.74 Å². The second-order valence-corrected chi connectivity index (χ2v) is 8.68. The number of carbonyl (C=O) groups excluding carboxylic acids is 1. The highest BCUT2D eigenvalue weighted by atomic mass is 32.2. The molecule has 0 saturated carbocycles. The number of para-hydroxylation sites is 2. The topological polar surface area (TPSA) is 84.5 Å². The van der Waals surface area contributed by atoms with E-state index in [1.54, 1.807) is 24.3 Å². The molecule has 0 aromatic heterocycles. The normalized spacial score (nSPS) is 18.8. The van der Waals surface area contributed by atoms with Gasteiger partial charge in [0.05, 0.1) is 10.6 Å². The molecule has 0 radical (unpaired) electrons. The Bertz CT molecular complexity index is 972. The van der Waals surface area contributed by atoms with Crippen molar-refractivity contribution in [1.29, 1.82) is 0 Å². The highest BCUT2D eigenvalue weighted by Crippen LogP contribution is 2.29. The quantitative estimate of drug-likeness (QED) is 0.827. The first-order valence-corrected chi connectivity index (χ1v) is 10.7. The van der Waals surface area contributed by atoms with Gasteiger partial charge in [0.2, 0.25) is 10.0 Å². The lowest BCUT2D eigenvalue weighted by Crippen LogP contribution is -2.39. The SMILES string of the molecule is O=C1Nc2ccccc2OC1CCNS(=O)(=O)c1ccc2c(c1)CCCC2. The number of benzene rings is 2. The first-order valence-electron chi connectivity index (χ1n) is 9.21. The van der Waals surface area contributed by atoms with Crippen molar-refractivity contribution in [1.82, 2.24) is 4.72 Å². The zero-order valence-electron chi connectivity index (χ0n) is 14.9. The number of anilines is 1. The Labute approximate surface area is 159 Å². The van der Waals surface area contributed by atoms with Crippen LogP contribution in [0.3, 0.4) is 0 Å². The summed E-state index contributed by atoms with van der Waals surface area (Å²) < 4.78 is 33.5. The van der Waals surface area contributed by atoms with Gasteiger partial charge in [-0.1, -0.05) is 18.2 Å². The van der Waals surface area contributed by atoms with Crippen LogP contribution >= 0.6 is 0 Å². The van der Waals surface area contributed by atoms with E-state index in [1.807, 2.05) is 18.2 Å². The molecule has 4 rings (SSSR count). The van der Waals surface area contributed by atoms with Gasteiger partial charge in [-0.2, -0.15) is 0 Å². The minimum Gasteiger partial charge on any atom is -0.478 e. The molecular weight excluding hydrogens is 364 g/mol. The molecule has 2 aliphatic rings. The number of rotatable bonds is 5. The summed E-state index contributed by atoms with van der Waals surface area (Å²) >= 11 is 0. The number of sulfonamides is 1. The lowest BCUT2D eigenvalue weighted by molar-refractivity contribution is -0.123. The zero-order chi connectivity index (χ0) is 18.9. The number of hydrogen-bond donors (Lipinski definition) is 2. The van der Waals surface area contributed by atoms with E-state index < -0.39 is 16.1 Å². The third kappa shape index (κ3) is 3.84. The fraction of sp³-hybridized carbons (Fsp3) is 0.350. The first kappa shape index (κ1) is 18.0. The molecule has 0 spiro atoms. The molecule has 142 valence electrons. The molecule has 1 heterocycles. The van der Waals surface area contributed by atoms with Crippen molar-refractivity contribution >= 4 is 21.6 Å². The van der Waals surface area contributed by atoms with E-state index in [0.29, 0.717) is 11.4 Å². The summed E-state index contributed by atoms with van der Waals surface area (Å²) in [7, 11) is -3.61. The van der Waals surface area contributed by atoms with Crippen LogP contribution in [0.1, 0.15) is 30.4 Å². The fourth-order valence-corrected chi connectivity index (χ4v) is 4.67. The Kier molecular flexibility index (Phi) is 4.88. The molecule has 1 unspecified atom stereocenters. The highest BCUT2D eigenvalue weighted by molar-refractivity contribution is 7.89. The van der Waals surface area contributed by atoms with Crippen molar-refractivity contribution in [3.63, 3.8) is 0 Å². The highest BCUT2D eigenvalue weighted by Gasteiger charge is 2.27. The van der Waals surface area contributed by atoms with Gasteiger partial charge in [-0.05, 0) is 61.1 Å². The molecule has 2 aromatic carbocycles. The van der Waals surface area contributed by atoms with E-state index in [1.165, 1.54) is 5.56 Å². The van der Waals surface area contributed by atoms with Crippen LogP contribution in [0.5, 0.6) is 5.75 Å². The molecule has 0 saturated heterocycles. The third-order valence-corrected chi connectivity index (χ3v) is 6.49. The number of amides is 1. The molecule has 2 aromatic rings. The van der Waals surface area contributed by atoms with E-state index in [-0.39, 0.29) is 23.8 Å². The molecule has 6 nitrogen and oxygen atoms in total. The maximum Gasteiger partial charge on any atom is 0.265 e. The number of ether oxygens (including phenoxy) is 1. The van der Waals surface area contributed by atoms with Crippen LogP contribution in [-0.4, -0.2) is 27.0 Å². The van der Waals surface area contributed by atoms with Crippen LogP contribution < -0.4 is 14.8 Å². The Hall–Kier alpha value is -2.38. The number of nitrogens with one attached hydrogen (secondary N) is 2. The molecule has 1 amide bonds. The van der Waals surface area contributed by atoms with Crippen LogP contribution in [0.2, 0.25) is 0 Å². The summed E-state index contributed by atoms with van der Waals surface area (Å²) in [5, 5.41) is 2.78. The minimum atomic E-state index is -3.61. The van der Waals surface area contributed by atoms with E-state index in [2.05, 4.69) is 10.0 Å². The van der Waals surface area contributed by atoms with Crippen molar-refractivity contribution in [2.45, 2.75) is 43.1 Å². The first-order chi connectivity index (χ1) is 13.0. The van der Waals surface area contributed by atoms with Gasteiger partial charge in [0.25, 0.3) is 5.91 Å². The van der Waals surface area contributed by atoms with Crippen molar-refractivity contribution in [2.24, 2.45) is 0 Å². The van der Waals surface area contributed by atoms with Gasteiger partial charge in [0.15, 0.2) is 6.10 Å². The predicted molar refractivity (Wildman–Crippen MR) is 102 cm³/mol. The van der Waals surface area contributed by atoms with Crippen LogP contribution in [0.25, 0.3) is 0 Å². The standard InChI is InChI=1S/C20H22N2O4S/c23-20-19(26-18-8-4-3-7-17(18)22-20)11-12-21-27(24,25)16-10-9-14-5-1-2-6-15(14)13-16/h3-4,7-10,13,19,21H,1-2,5-6,11-12H2,(H,22,23). The van der Waals surface area contributed by atoms with Crippen LogP contribution in [0.4, 0.5) is 5.69 Å². The van der Waals surface area contributed by atoms with E-state index >= 15 is 0 Å². The number of aryl methyl sites for hydroxylation is 2. The van der Waals surface area contributed by atoms with Gasteiger partial charge in [0, 0.05) is 13.0 Å². The molecule has 0 fully saturated rings. The van der Waals surface area contributed by atoms with Gasteiger partial charge < -0.3 is 10.1 Å². The number of hydrogen-bond acceptors (Lipinski definition) is 4. The minimum absolute atomic E-state index is 0.125. The molecule has 1 aliphatic carbocycles. The van der Waals surface area contributed by atoms with E-state index in [0.717, 1.165) is 31.2 Å². The van der Waals surface area contributed by atoms with Gasteiger partial charge in [-0.15, -0.1) is 0 Å². The zero-order valence-corrected chi connectivity index (χ0v) is 15.7. The summed E-state index contributed by atoms with van der Waals surface area (Å²) in [6.45, 7) is 0.125. The largest absolute Gasteiger partial charge is 0.478 e. The molecule has 0 bridgehead atoms. The van der Waals surface area contributed by atoms with Gasteiger partial charge in [0.1, 0.15) is 5.75 Å². The van der Waals surface area contributed by atoms with Crippen molar-refractivity contribution < 1.29 is 17.9 Å². The maximum absolute atomic E-state index is 12.6. The molecule has 27 heavy (non-hydrogen) atoms. The third-order valence-electron chi connectivity index (χ3n) is 5.04.